The van der Waals surface area contributed by atoms with Crippen LogP contribution in [0.3, 0.4) is 0 Å². The zero-order valence-corrected chi connectivity index (χ0v) is 30.7. The highest BCUT2D eigenvalue weighted by atomic mass is 32.1. The Morgan fingerprint density at radius 2 is 1.33 bits per heavy atom. The van der Waals surface area contributed by atoms with Gasteiger partial charge in [0.2, 0.25) is 0 Å². The standard InChI is InChI=1S/C46H41N3OS/c1-45(2,3)30-26-29(42(50)37(27-30)46(4,5)6)28-47-38-23-12-10-19-36(38)44-48-41-33(20-15-24-39(41)49(44)31-16-8-7-9-17-31)35-22-14-21-34-32-18-11-13-25-40(32)51-43(34)35/h7-28,50H,1-6H3. The Balaban J connectivity index is 1.34. The number of aliphatic imine (C=N–C) groups is 1. The van der Waals surface area contributed by atoms with Gasteiger partial charge in [0.05, 0.1) is 16.7 Å². The van der Waals surface area contributed by atoms with Crippen molar-refractivity contribution in [2.45, 2.75) is 52.4 Å². The topological polar surface area (TPSA) is 50.4 Å². The van der Waals surface area contributed by atoms with Crippen LogP contribution >= 0.6 is 11.3 Å². The molecule has 4 nitrogen and oxygen atoms in total. The fourth-order valence-electron chi connectivity index (χ4n) is 6.97. The second kappa shape index (κ2) is 12.4. The Morgan fingerprint density at radius 3 is 2.12 bits per heavy atom. The smallest absolute Gasteiger partial charge is 0.147 e. The lowest BCUT2D eigenvalue weighted by atomic mass is 9.79. The fourth-order valence-corrected chi connectivity index (χ4v) is 8.20. The summed E-state index contributed by atoms with van der Waals surface area (Å²) in [5, 5.41) is 14.1. The van der Waals surface area contributed by atoms with Gasteiger partial charge in [-0.3, -0.25) is 9.56 Å². The van der Waals surface area contributed by atoms with E-state index >= 15 is 0 Å². The molecule has 0 aliphatic heterocycles. The molecule has 0 saturated heterocycles. The Labute approximate surface area is 303 Å². The molecule has 0 unspecified atom stereocenters. The fraction of sp³-hybridized carbons (Fsp3) is 0.174. The number of hydrogen-bond donors (Lipinski definition) is 1. The number of benzene rings is 6. The van der Waals surface area contributed by atoms with Gasteiger partial charge in [0.1, 0.15) is 11.6 Å². The molecule has 2 heterocycles. The van der Waals surface area contributed by atoms with Gasteiger partial charge in [-0.25, -0.2) is 4.98 Å². The highest BCUT2D eigenvalue weighted by molar-refractivity contribution is 7.26. The molecule has 6 aromatic carbocycles. The number of rotatable bonds is 5. The quantitative estimate of drug-likeness (QED) is 0.184. The van der Waals surface area contributed by atoms with Crippen molar-refractivity contribution in [2.75, 3.05) is 0 Å². The molecule has 1 N–H and O–H groups in total. The van der Waals surface area contributed by atoms with Crippen LogP contribution in [0.2, 0.25) is 0 Å². The molecule has 5 heteroatoms. The zero-order chi connectivity index (χ0) is 35.5. The van der Waals surface area contributed by atoms with Crippen LogP contribution < -0.4 is 0 Å². The van der Waals surface area contributed by atoms with Crippen molar-refractivity contribution in [1.29, 1.82) is 0 Å². The Kier molecular flexibility index (Phi) is 7.92. The van der Waals surface area contributed by atoms with E-state index < -0.39 is 0 Å². The van der Waals surface area contributed by atoms with Crippen molar-refractivity contribution in [2.24, 2.45) is 4.99 Å². The Morgan fingerprint density at radius 1 is 0.667 bits per heavy atom. The second-order valence-corrected chi connectivity index (χ2v) is 16.3. The van der Waals surface area contributed by atoms with Crippen molar-refractivity contribution in [3.63, 3.8) is 0 Å². The van der Waals surface area contributed by atoms with E-state index in [1.807, 2.05) is 41.8 Å². The van der Waals surface area contributed by atoms with Crippen LogP contribution in [0, 0.1) is 0 Å². The van der Waals surface area contributed by atoms with Gasteiger partial charge in [-0.15, -0.1) is 11.3 Å². The molecular formula is C46H41N3OS. The molecule has 0 atom stereocenters. The van der Waals surface area contributed by atoms with Crippen LogP contribution in [-0.4, -0.2) is 20.9 Å². The lowest BCUT2D eigenvalue weighted by Gasteiger charge is -2.27. The van der Waals surface area contributed by atoms with Crippen molar-refractivity contribution >= 4 is 54.4 Å². The van der Waals surface area contributed by atoms with Gasteiger partial charge in [0, 0.05) is 59.9 Å². The first kappa shape index (κ1) is 32.7. The van der Waals surface area contributed by atoms with Crippen molar-refractivity contribution in [3.8, 4) is 34.0 Å². The average molecular weight is 684 g/mol. The van der Waals surface area contributed by atoms with E-state index in [-0.39, 0.29) is 16.6 Å². The minimum Gasteiger partial charge on any atom is -0.507 e. The maximum Gasteiger partial charge on any atom is 0.147 e. The van der Waals surface area contributed by atoms with Crippen LogP contribution in [0.5, 0.6) is 5.75 Å². The number of phenols is 1. The molecule has 0 radical (unpaired) electrons. The highest BCUT2D eigenvalue weighted by Crippen LogP contribution is 2.44. The van der Waals surface area contributed by atoms with Crippen LogP contribution in [0.4, 0.5) is 5.69 Å². The van der Waals surface area contributed by atoms with Gasteiger partial charge < -0.3 is 5.11 Å². The Hall–Kier alpha value is -5.52. The number of imidazole rings is 1. The summed E-state index contributed by atoms with van der Waals surface area (Å²) < 4.78 is 4.79. The largest absolute Gasteiger partial charge is 0.507 e. The highest BCUT2D eigenvalue weighted by Gasteiger charge is 2.25. The maximum absolute atomic E-state index is 11.5. The summed E-state index contributed by atoms with van der Waals surface area (Å²) in [4.78, 5) is 10.5. The lowest BCUT2D eigenvalue weighted by molar-refractivity contribution is 0.444. The van der Waals surface area contributed by atoms with Crippen molar-refractivity contribution < 1.29 is 5.11 Å². The van der Waals surface area contributed by atoms with Gasteiger partial charge in [-0.05, 0) is 58.9 Å². The summed E-state index contributed by atoms with van der Waals surface area (Å²) in [5.74, 6) is 1.08. The number of nitrogens with zero attached hydrogens (tertiary/aromatic N) is 3. The number of aromatic nitrogens is 2. The molecule has 0 amide bonds. The molecule has 252 valence electrons. The zero-order valence-electron chi connectivity index (χ0n) is 29.9. The van der Waals surface area contributed by atoms with Crippen molar-refractivity contribution in [3.05, 3.63) is 144 Å². The van der Waals surface area contributed by atoms with Crippen LogP contribution in [0.15, 0.2) is 132 Å². The molecule has 2 aromatic heterocycles. The third-order valence-electron chi connectivity index (χ3n) is 9.70. The summed E-state index contributed by atoms with van der Waals surface area (Å²) in [5.41, 5.74) is 9.40. The van der Waals surface area contributed by atoms with E-state index in [4.69, 9.17) is 9.98 Å². The van der Waals surface area contributed by atoms with Crippen molar-refractivity contribution in [1.82, 2.24) is 9.55 Å². The Bertz CT molecular complexity index is 2610. The number of fused-ring (bicyclic) bond motifs is 4. The molecule has 8 rings (SSSR count). The SMILES string of the molecule is CC(C)(C)c1cc(C=Nc2ccccc2-c2nc3c(-c4cccc5c4sc4ccccc45)cccc3n2-c2ccccc2)c(O)c(C(C)(C)C)c1. The van der Waals surface area contributed by atoms with Gasteiger partial charge in [-0.2, -0.15) is 0 Å². The monoisotopic (exact) mass is 683 g/mol. The first-order valence-electron chi connectivity index (χ1n) is 17.5. The summed E-state index contributed by atoms with van der Waals surface area (Å²) in [6.07, 6.45) is 1.81. The second-order valence-electron chi connectivity index (χ2n) is 15.3. The number of thiophene rings is 1. The third kappa shape index (κ3) is 5.82. The molecule has 51 heavy (non-hydrogen) atoms. The number of phenolic OH excluding ortho intramolecular Hbond substituents is 1. The van der Waals surface area contributed by atoms with Gasteiger partial charge in [-0.1, -0.05) is 126 Å². The molecular weight excluding hydrogens is 643 g/mol. The minimum atomic E-state index is -0.232. The number of para-hydroxylation sites is 3. The molecule has 0 bridgehead atoms. The molecule has 0 fully saturated rings. The molecule has 0 aliphatic carbocycles. The average Bonchev–Trinajstić information content (AvgIpc) is 3.70. The third-order valence-corrected chi connectivity index (χ3v) is 10.9. The van der Waals surface area contributed by atoms with E-state index in [0.717, 1.165) is 50.5 Å². The summed E-state index contributed by atoms with van der Waals surface area (Å²) in [6.45, 7) is 13.0. The minimum absolute atomic E-state index is 0.0907. The van der Waals surface area contributed by atoms with Gasteiger partial charge in [0.25, 0.3) is 0 Å². The predicted octanol–water partition coefficient (Wildman–Crippen LogP) is 12.8. The number of hydrogen-bond acceptors (Lipinski definition) is 4. The van der Waals surface area contributed by atoms with E-state index in [2.05, 4.69) is 149 Å². The summed E-state index contributed by atoms with van der Waals surface area (Å²) in [7, 11) is 0. The summed E-state index contributed by atoms with van der Waals surface area (Å²) in [6, 6.07) is 44.5. The first-order valence-corrected chi connectivity index (χ1v) is 18.3. The van der Waals surface area contributed by atoms with Gasteiger partial charge in [0.15, 0.2) is 0 Å². The van der Waals surface area contributed by atoms with E-state index in [1.54, 1.807) is 0 Å². The van der Waals surface area contributed by atoms with E-state index in [1.165, 1.54) is 25.7 Å². The lowest BCUT2D eigenvalue weighted by Crippen LogP contribution is -2.17. The van der Waals surface area contributed by atoms with E-state index in [0.29, 0.717) is 5.56 Å². The maximum atomic E-state index is 11.5. The molecule has 0 saturated carbocycles. The predicted molar refractivity (Wildman–Crippen MR) is 218 cm³/mol. The molecule has 0 aliphatic rings. The molecule has 8 aromatic rings. The van der Waals surface area contributed by atoms with Crippen LogP contribution in [0.1, 0.15) is 58.2 Å². The number of aromatic hydroxyl groups is 1. The molecule has 0 spiro atoms. The van der Waals surface area contributed by atoms with E-state index in [9.17, 15) is 5.11 Å². The van der Waals surface area contributed by atoms with Crippen LogP contribution in [-0.2, 0) is 10.8 Å². The van der Waals surface area contributed by atoms with Crippen LogP contribution in [0.25, 0.3) is 59.4 Å². The van der Waals surface area contributed by atoms with Gasteiger partial charge >= 0.3 is 0 Å². The summed E-state index contributed by atoms with van der Waals surface area (Å²) >= 11 is 1.83. The first-order chi connectivity index (χ1) is 24.5. The normalized spacial score (nSPS) is 12.5.